The summed E-state index contributed by atoms with van der Waals surface area (Å²) in [4.78, 5) is 6.58. The Labute approximate surface area is 131 Å². The molecule has 0 radical (unpaired) electrons. The number of nitrogens with zero attached hydrogens (tertiary/aromatic N) is 2. The molecule has 0 saturated carbocycles. The Morgan fingerprint density at radius 3 is 2.24 bits per heavy atom. The first-order valence-electron chi connectivity index (χ1n) is 7.23. The Kier molecular flexibility index (Phi) is 4.85. The zero-order chi connectivity index (χ0) is 15.8. The fraction of sp³-hybridized carbons (Fsp3) is 0.667. The van der Waals surface area contributed by atoms with Gasteiger partial charge < -0.3 is 4.90 Å². The zero-order valence-corrected chi connectivity index (χ0v) is 14.1. The summed E-state index contributed by atoms with van der Waals surface area (Å²) in [6, 6.07) is 0. The van der Waals surface area contributed by atoms with Crippen molar-refractivity contribution in [2.24, 2.45) is 5.92 Å². The van der Waals surface area contributed by atoms with Gasteiger partial charge in [0.25, 0.3) is 0 Å². The molecular weight excluding hydrogens is 345 g/mol. The first-order valence-corrected chi connectivity index (χ1v) is 8.02. The Morgan fingerprint density at radius 1 is 1.19 bits per heavy atom. The minimum atomic E-state index is -4.07. The number of anilines is 1. The molecule has 1 aromatic rings. The minimum Gasteiger partial charge on any atom is -0.370 e. The first kappa shape index (κ1) is 16.6. The zero-order valence-electron chi connectivity index (χ0n) is 12.5. The molecule has 0 aromatic carbocycles. The molecule has 1 saturated heterocycles. The van der Waals surface area contributed by atoms with E-state index in [4.69, 9.17) is 0 Å². The molecule has 0 aliphatic carbocycles. The normalized spacial score (nSPS) is 17.4. The summed E-state index contributed by atoms with van der Waals surface area (Å²) < 4.78 is 39.3. The SMILES string of the molecule is CCc1c(C)nc(C)c(Br)c1N1CCC(C(F)(F)F)CC1. The Hall–Kier alpha value is -0.780. The second kappa shape index (κ2) is 6.15. The van der Waals surface area contributed by atoms with Crippen molar-refractivity contribution >= 4 is 21.6 Å². The highest BCUT2D eigenvalue weighted by molar-refractivity contribution is 9.10. The number of alkyl halides is 3. The Morgan fingerprint density at radius 2 is 1.76 bits per heavy atom. The average molecular weight is 365 g/mol. The highest BCUT2D eigenvalue weighted by Crippen LogP contribution is 2.39. The van der Waals surface area contributed by atoms with Crippen molar-refractivity contribution in [1.29, 1.82) is 0 Å². The lowest BCUT2D eigenvalue weighted by molar-refractivity contribution is -0.179. The quantitative estimate of drug-likeness (QED) is 0.748. The van der Waals surface area contributed by atoms with E-state index in [0.29, 0.717) is 13.1 Å². The van der Waals surface area contributed by atoms with Gasteiger partial charge in [0, 0.05) is 18.8 Å². The van der Waals surface area contributed by atoms with E-state index in [1.54, 1.807) is 0 Å². The van der Waals surface area contributed by atoms with Crippen LogP contribution in [0.2, 0.25) is 0 Å². The molecule has 118 valence electrons. The summed E-state index contributed by atoms with van der Waals surface area (Å²) in [5.74, 6) is -1.17. The lowest BCUT2D eigenvalue weighted by atomic mass is 9.95. The van der Waals surface area contributed by atoms with Crippen molar-refractivity contribution in [2.45, 2.75) is 46.2 Å². The van der Waals surface area contributed by atoms with Crippen LogP contribution in [-0.4, -0.2) is 24.2 Å². The molecule has 1 aliphatic rings. The van der Waals surface area contributed by atoms with Gasteiger partial charge in [0.05, 0.1) is 21.8 Å². The number of hydrogen-bond acceptors (Lipinski definition) is 2. The molecule has 0 bridgehead atoms. The van der Waals surface area contributed by atoms with E-state index in [9.17, 15) is 13.2 Å². The van der Waals surface area contributed by atoms with Crippen LogP contribution in [0.5, 0.6) is 0 Å². The topological polar surface area (TPSA) is 16.1 Å². The van der Waals surface area contributed by atoms with Gasteiger partial charge in [0.2, 0.25) is 0 Å². The molecule has 1 aromatic heterocycles. The molecule has 2 nitrogen and oxygen atoms in total. The molecule has 1 aliphatic heterocycles. The van der Waals surface area contributed by atoms with Crippen LogP contribution < -0.4 is 4.90 Å². The van der Waals surface area contributed by atoms with E-state index in [2.05, 4.69) is 32.7 Å². The predicted molar refractivity (Wildman–Crippen MR) is 81.8 cm³/mol. The van der Waals surface area contributed by atoms with Gasteiger partial charge >= 0.3 is 6.18 Å². The summed E-state index contributed by atoms with van der Waals surface area (Å²) in [6.07, 6.45) is -2.91. The maximum Gasteiger partial charge on any atom is 0.391 e. The lowest BCUT2D eigenvalue weighted by Crippen LogP contribution is -2.39. The van der Waals surface area contributed by atoms with E-state index in [1.807, 2.05) is 13.8 Å². The molecule has 1 fully saturated rings. The van der Waals surface area contributed by atoms with Gasteiger partial charge in [-0.25, -0.2) is 0 Å². The summed E-state index contributed by atoms with van der Waals surface area (Å²) in [6.45, 7) is 6.82. The fourth-order valence-electron chi connectivity index (χ4n) is 3.03. The number of pyridine rings is 1. The van der Waals surface area contributed by atoms with Crippen LogP contribution in [0.25, 0.3) is 0 Å². The Balaban J connectivity index is 2.28. The molecule has 2 heterocycles. The van der Waals surface area contributed by atoms with E-state index in [-0.39, 0.29) is 12.8 Å². The van der Waals surface area contributed by atoms with Gasteiger partial charge in [-0.15, -0.1) is 0 Å². The van der Waals surface area contributed by atoms with Gasteiger partial charge in [0.15, 0.2) is 0 Å². The fourth-order valence-corrected chi connectivity index (χ4v) is 3.61. The largest absolute Gasteiger partial charge is 0.391 e. The van der Waals surface area contributed by atoms with E-state index in [0.717, 1.165) is 33.5 Å². The Bertz CT molecular complexity index is 521. The van der Waals surface area contributed by atoms with E-state index >= 15 is 0 Å². The predicted octanol–water partition coefficient (Wildman–Crippen LogP) is 4.80. The van der Waals surface area contributed by atoms with Gasteiger partial charge in [-0.1, -0.05) is 6.92 Å². The second-order valence-electron chi connectivity index (χ2n) is 5.58. The smallest absolute Gasteiger partial charge is 0.370 e. The molecular formula is C15H20BrF3N2. The lowest BCUT2D eigenvalue weighted by Gasteiger charge is -2.36. The monoisotopic (exact) mass is 364 g/mol. The number of aryl methyl sites for hydroxylation is 2. The molecule has 2 rings (SSSR count). The van der Waals surface area contributed by atoms with Crippen molar-refractivity contribution in [1.82, 2.24) is 4.98 Å². The summed E-state index contributed by atoms with van der Waals surface area (Å²) in [5, 5.41) is 0. The molecule has 0 unspecified atom stereocenters. The third-order valence-corrected chi connectivity index (χ3v) is 5.16. The van der Waals surface area contributed by atoms with Crippen molar-refractivity contribution in [3.8, 4) is 0 Å². The second-order valence-corrected chi connectivity index (χ2v) is 6.37. The summed E-state index contributed by atoms with van der Waals surface area (Å²) in [5.41, 5.74) is 4.00. The maximum absolute atomic E-state index is 12.8. The van der Waals surface area contributed by atoms with E-state index in [1.165, 1.54) is 0 Å². The van der Waals surface area contributed by atoms with Gasteiger partial charge in [-0.05, 0) is 54.6 Å². The molecule has 0 N–H and O–H groups in total. The van der Waals surface area contributed by atoms with Crippen LogP contribution in [0, 0.1) is 19.8 Å². The van der Waals surface area contributed by atoms with Crippen molar-refractivity contribution in [3.05, 3.63) is 21.4 Å². The minimum absolute atomic E-state index is 0.166. The van der Waals surface area contributed by atoms with Gasteiger partial charge in [-0.2, -0.15) is 13.2 Å². The summed E-state index contributed by atoms with van der Waals surface area (Å²) in [7, 11) is 0. The molecule has 0 atom stereocenters. The van der Waals surface area contributed by atoms with Gasteiger partial charge in [-0.3, -0.25) is 4.98 Å². The van der Waals surface area contributed by atoms with Gasteiger partial charge in [0.1, 0.15) is 0 Å². The standard InChI is InChI=1S/C15H20BrF3N2/c1-4-12-9(2)20-10(3)13(16)14(12)21-7-5-11(6-8-21)15(17,18)19/h11H,4-8H2,1-3H3. The number of aromatic nitrogens is 1. The van der Waals surface area contributed by atoms with Crippen molar-refractivity contribution < 1.29 is 13.2 Å². The van der Waals surface area contributed by atoms with Crippen LogP contribution in [0.4, 0.5) is 18.9 Å². The molecule has 0 spiro atoms. The average Bonchev–Trinajstić information content (AvgIpc) is 2.41. The maximum atomic E-state index is 12.8. The number of rotatable bonds is 2. The summed E-state index contributed by atoms with van der Waals surface area (Å²) >= 11 is 3.57. The van der Waals surface area contributed by atoms with Crippen LogP contribution in [0.3, 0.4) is 0 Å². The number of hydrogen-bond donors (Lipinski definition) is 0. The van der Waals surface area contributed by atoms with Crippen molar-refractivity contribution in [3.63, 3.8) is 0 Å². The third-order valence-electron chi connectivity index (χ3n) is 4.21. The highest BCUT2D eigenvalue weighted by Gasteiger charge is 2.41. The highest BCUT2D eigenvalue weighted by atomic mass is 79.9. The molecule has 21 heavy (non-hydrogen) atoms. The third kappa shape index (κ3) is 3.35. The van der Waals surface area contributed by atoms with Crippen LogP contribution in [-0.2, 0) is 6.42 Å². The van der Waals surface area contributed by atoms with Crippen LogP contribution in [0.15, 0.2) is 4.47 Å². The molecule has 0 amide bonds. The van der Waals surface area contributed by atoms with Crippen LogP contribution >= 0.6 is 15.9 Å². The number of halogens is 4. The van der Waals surface area contributed by atoms with E-state index < -0.39 is 12.1 Å². The number of piperidine rings is 1. The molecule has 6 heteroatoms. The van der Waals surface area contributed by atoms with Crippen LogP contribution in [0.1, 0.15) is 36.7 Å². The van der Waals surface area contributed by atoms with Crippen molar-refractivity contribution in [2.75, 3.05) is 18.0 Å². The first-order chi connectivity index (χ1) is 9.75.